The third-order valence-corrected chi connectivity index (χ3v) is 4.24. The van der Waals surface area contributed by atoms with E-state index >= 15 is 0 Å². The summed E-state index contributed by atoms with van der Waals surface area (Å²) in [5.74, 6) is -0.243. The summed E-state index contributed by atoms with van der Waals surface area (Å²) in [6.07, 6.45) is 0.987. The van der Waals surface area contributed by atoms with Gasteiger partial charge in [0.1, 0.15) is 4.90 Å². The molecule has 0 aromatic heterocycles. The monoisotopic (exact) mass is 312 g/mol. The van der Waals surface area contributed by atoms with E-state index in [-0.39, 0.29) is 23.0 Å². The summed E-state index contributed by atoms with van der Waals surface area (Å²) in [5.41, 5.74) is 0.220. The highest BCUT2D eigenvalue weighted by Gasteiger charge is 2.17. The molecule has 0 aliphatic carbocycles. The summed E-state index contributed by atoms with van der Waals surface area (Å²) in [5, 5.41) is 11.0. The van der Waals surface area contributed by atoms with Crippen LogP contribution in [0.4, 0.5) is 5.69 Å². The molecule has 4 N–H and O–H groups in total. The van der Waals surface area contributed by atoms with Crippen LogP contribution in [0.25, 0.3) is 0 Å². The topological polar surface area (TPSA) is 105 Å². The first kappa shape index (κ1) is 15.9. The van der Waals surface area contributed by atoms with Crippen LogP contribution in [0.5, 0.6) is 0 Å². The van der Waals surface area contributed by atoms with Crippen molar-refractivity contribution < 1.29 is 13.2 Å². The number of hydrogen-bond acceptors (Lipinski definition) is 5. The van der Waals surface area contributed by atoms with E-state index in [1.165, 1.54) is 12.1 Å². The lowest BCUT2D eigenvalue weighted by Gasteiger charge is -2.19. The third kappa shape index (κ3) is 4.78. The average molecular weight is 312 g/mol. The summed E-state index contributed by atoms with van der Waals surface area (Å²) >= 11 is 0. The van der Waals surface area contributed by atoms with Gasteiger partial charge in [-0.05, 0) is 31.6 Å². The number of carbonyl (C=O) groups excluding carboxylic acids is 1. The molecule has 1 aromatic carbocycles. The minimum atomic E-state index is -3.86. The molecule has 1 aliphatic heterocycles. The lowest BCUT2D eigenvalue weighted by molar-refractivity contribution is -0.117. The van der Waals surface area contributed by atoms with Gasteiger partial charge >= 0.3 is 0 Å². The maximum absolute atomic E-state index is 12.1. The molecule has 1 amide bonds. The van der Waals surface area contributed by atoms with Crippen LogP contribution in [0.1, 0.15) is 6.42 Å². The standard InChI is InChI=1S/C13H20N4O3S/c14-21(19,20)12-5-2-1-4-11(12)16-13(18)10-17-8-3-6-15-7-9-17/h1-2,4-5,15H,3,6-10H2,(H,16,18)(H2,14,19,20). The molecule has 8 heteroatoms. The van der Waals surface area contributed by atoms with Crippen molar-refractivity contribution in [2.75, 3.05) is 38.0 Å². The predicted octanol–water partition coefficient (Wildman–Crippen LogP) is -0.432. The van der Waals surface area contributed by atoms with Crippen molar-refractivity contribution in [1.29, 1.82) is 0 Å². The molecule has 116 valence electrons. The average Bonchev–Trinajstić information content (AvgIpc) is 2.66. The second-order valence-electron chi connectivity index (χ2n) is 4.97. The van der Waals surface area contributed by atoms with E-state index in [0.717, 1.165) is 32.6 Å². The molecule has 0 atom stereocenters. The lowest BCUT2D eigenvalue weighted by Crippen LogP contribution is -2.36. The van der Waals surface area contributed by atoms with Gasteiger partial charge in [-0.2, -0.15) is 0 Å². The number of amides is 1. The number of para-hydroxylation sites is 1. The number of carbonyl (C=O) groups is 1. The van der Waals surface area contributed by atoms with E-state index in [9.17, 15) is 13.2 Å². The molecule has 1 aromatic rings. The zero-order chi connectivity index (χ0) is 15.3. The molecule has 1 aliphatic rings. The van der Waals surface area contributed by atoms with Crippen molar-refractivity contribution in [1.82, 2.24) is 10.2 Å². The van der Waals surface area contributed by atoms with Crippen LogP contribution in [0.2, 0.25) is 0 Å². The number of rotatable bonds is 4. The van der Waals surface area contributed by atoms with Gasteiger partial charge in [0, 0.05) is 13.1 Å². The van der Waals surface area contributed by atoms with Gasteiger partial charge in [-0.15, -0.1) is 0 Å². The second kappa shape index (κ2) is 6.99. The van der Waals surface area contributed by atoms with Gasteiger partial charge in [0.05, 0.1) is 12.2 Å². The molecule has 0 spiro atoms. The normalized spacial score (nSPS) is 17.2. The van der Waals surface area contributed by atoms with Gasteiger partial charge in [-0.3, -0.25) is 9.69 Å². The maximum Gasteiger partial charge on any atom is 0.240 e. The van der Waals surface area contributed by atoms with Crippen molar-refractivity contribution in [2.45, 2.75) is 11.3 Å². The number of nitrogens with two attached hydrogens (primary N) is 1. The first-order chi connectivity index (χ1) is 9.97. The number of hydrogen-bond donors (Lipinski definition) is 3. The van der Waals surface area contributed by atoms with Crippen LogP contribution in [0.3, 0.4) is 0 Å². The molecule has 21 heavy (non-hydrogen) atoms. The Balaban J connectivity index is 2.03. The van der Waals surface area contributed by atoms with E-state index in [1.807, 2.05) is 4.90 Å². The van der Waals surface area contributed by atoms with Crippen molar-refractivity contribution in [3.63, 3.8) is 0 Å². The van der Waals surface area contributed by atoms with Gasteiger partial charge in [0.25, 0.3) is 0 Å². The van der Waals surface area contributed by atoms with Crippen molar-refractivity contribution >= 4 is 21.6 Å². The van der Waals surface area contributed by atoms with Gasteiger partial charge in [0.2, 0.25) is 15.9 Å². The van der Waals surface area contributed by atoms with Gasteiger partial charge in [-0.1, -0.05) is 12.1 Å². The Labute approximate surface area is 124 Å². The first-order valence-electron chi connectivity index (χ1n) is 6.81. The Morgan fingerprint density at radius 3 is 2.81 bits per heavy atom. The van der Waals surface area contributed by atoms with E-state index in [4.69, 9.17) is 5.14 Å². The number of nitrogens with zero attached hydrogens (tertiary/aromatic N) is 1. The van der Waals surface area contributed by atoms with Crippen LogP contribution < -0.4 is 15.8 Å². The van der Waals surface area contributed by atoms with Crippen molar-refractivity contribution in [3.05, 3.63) is 24.3 Å². The number of benzene rings is 1. The van der Waals surface area contributed by atoms with Crippen molar-refractivity contribution in [2.24, 2.45) is 5.14 Å². The SMILES string of the molecule is NS(=O)(=O)c1ccccc1NC(=O)CN1CCCNCC1. The largest absolute Gasteiger partial charge is 0.324 e. The van der Waals surface area contributed by atoms with Gasteiger partial charge in [0.15, 0.2) is 0 Å². The third-order valence-electron chi connectivity index (χ3n) is 3.27. The molecule has 0 unspecified atom stereocenters. The molecule has 1 heterocycles. The van der Waals surface area contributed by atoms with E-state index < -0.39 is 10.0 Å². The summed E-state index contributed by atoms with van der Waals surface area (Å²) in [6, 6.07) is 6.12. The molecule has 0 bridgehead atoms. The zero-order valence-corrected chi connectivity index (χ0v) is 12.5. The Hall–Kier alpha value is -1.48. The van der Waals surface area contributed by atoms with Crippen LogP contribution in [0.15, 0.2) is 29.2 Å². The minimum Gasteiger partial charge on any atom is -0.324 e. The molecule has 7 nitrogen and oxygen atoms in total. The molecular formula is C13H20N4O3S. The number of anilines is 1. The van der Waals surface area contributed by atoms with Crippen LogP contribution in [0, 0.1) is 0 Å². The fourth-order valence-electron chi connectivity index (χ4n) is 2.27. The second-order valence-corrected chi connectivity index (χ2v) is 6.50. The summed E-state index contributed by atoms with van der Waals surface area (Å²) in [6.45, 7) is 3.68. The van der Waals surface area contributed by atoms with E-state index in [2.05, 4.69) is 10.6 Å². The Kier molecular flexibility index (Phi) is 5.29. The molecule has 0 radical (unpaired) electrons. The van der Waals surface area contributed by atoms with Crippen molar-refractivity contribution in [3.8, 4) is 0 Å². The summed E-state index contributed by atoms with van der Waals surface area (Å²) in [7, 11) is -3.86. The number of primary sulfonamides is 1. The maximum atomic E-state index is 12.1. The smallest absolute Gasteiger partial charge is 0.240 e. The Morgan fingerprint density at radius 2 is 2.05 bits per heavy atom. The fourth-order valence-corrected chi connectivity index (χ4v) is 2.96. The van der Waals surface area contributed by atoms with E-state index in [1.54, 1.807) is 12.1 Å². The lowest BCUT2D eigenvalue weighted by atomic mass is 10.3. The zero-order valence-electron chi connectivity index (χ0n) is 11.7. The molecule has 1 fully saturated rings. The molecule has 0 saturated carbocycles. The quantitative estimate of drug-likeness (QED) is 0.699. The van der Waals surface area contributed by atoms with E-state index in [0.29, 0.717) is 0 Å². The predicted molar refractivity (Wildman–Crippen MR) is 80.4 cm³/mol. The van der Waals surface area contributed by atoms with Crippen LogP contribution in [-0.2, 0) is 14.8 Å². The summed E-state index contributed by atoms with van der Waals surface area (Å²) < 4.78 is 23.0. The van der Waals surface area contributed by atoms with Crippen LogP contribution in [-0.4, -0.2) is 51.9 Å². The fraction of sp³-hybridized carbons (Fsp3) is 0.462. The molecular weight excluding hydrogens is 292 g/mol. The van der Waals surface area contributed by atoms with Gasteiger partial charge < -0.3 is 10.6 Å². The highest BCUT2D eigenvalue weighted by atomic mass is 32.2. The Bertz CT molecular complexity index is 595. The number of sulfonamides is 1. The summed E-state index contributed by atoms with van der Waals surface area (Å²) in [4.78, 5) is 14.0. The highest BCUT2D eigenvalue weighted by molar-refractivity contribution is 7.89. The molecule has 1 saturated heterocycles. The van der Waals surface area contributed by atoms with Gasteiger partial charge in [-0.25, -0.2) is 13.6 Å². The first-order valence-corrected chi connectivity index (χ1v) is 8.36. The Morgan fingerprint density at radius 1 is 1.29 bits per heavy atom. The van der Waals surface area contributed by atoms with Crippen LogP contribution >= 0.6 is 0 Å². The minimum absolute atomic E-state index is 0.0733. The molecule has 2 rings (SSSR count). The number of nitrogens with one attached hydrogen (secondary N) is 2. The highest BCUT2D eigenvalue weighted by Crippen LogP contribution is 2.19.